The molecule has 0 saturated carbocycles. The van der Waals surface area contributed by atoms with E-state index >= 15 is 0 Å². The molecule has 2 atom stereocenters. The van der Waals surface area contributed by atoms with Crippen LogP contribution in [0.25, 0.3) is 0 Å². The van der Waals surface area contributed by atoms with Crippen LogP contribution in [-0.2, 0) is 4.74 Å². The summed E-state index contributed by atoms with van der Waals surface area (Å²) in [5, 5.41) is 0. The molecule has 0 aromatic rings. The molecule has 1 heterocycles. The van der Waals surface area contributed by atoms with E-state index in [0.29, 0.717) is 13.2 Å². The average Bonchev–Trinajstić information content (AvgIpc) is 1.91. The van der Waals surface area contributed by atoms with Gasteiger partial charge in [-0.15, -0.1) is 12.4 Å². The zero-order chi connectivity index (χ0) is 5.28. The highest BCUT2D eigenvalue weighted by Gasteiger charge is 2.19. The van der Waals surface area contributed by atoms with Crippen molar-refractivity contribution < 1.29 is 4.74 Å². The Morgan fingerprint density at radius 1 is 1.12 bits per heavy atom. The van der Waals surface area contributed by atoms with Gasteiger partial charge in [0.15, 0.2) is 0 Å². The van der Waals surface area contributed by atoms with Crippen LogP contribution in [0.5, 0.6) is 0 Å². The SMILES string of the molecule is Cl.NC1COCC1N. The van der Waals surface area contributed by atoms with Crippen molar-refractivity contribution in [2.45, 2.75) is 12.1 Å². The van der Waals surface area contributed by atoms with Crippen LogP contribution in [0.2, 0.25) is 0 Å². The first-order valence-corrected chi connectivity index (χ1v) is 2.39. The van der Waals surface area contributed by atoms with E-state index in [0.717, 1.165) is 0 Å². The third kappa shape index (κ3) is 1.59. The van der Waals surface area contributed by atoms with Gasteiger partial charge in [-0.3, -0.25) is 0 Å². The summed E-state index contributed by atoms with van der Waals surface area (Å²) in [5.41, 5.74) is 10.9. The number of hydrogen-bond donors (Lipinski definition) is 2. The molecule has 1 rings (SSSR count). The molecular weight excluding hydrogens is 128 g/mol. The first-order valence-electron chi connectivity index (χ1n) is 2.39. The van der Waals surface area contributed by atoms with Crippen LogP contribution in [0.4, 0.5) is 0 Å². The molecule has 0 aromatic heterocycles. The van der Waals surface area contributed by atoms with Crippen molar-refractivity contribution in [3.63, 3.8) is 0 Å². The van der Waals surface area contributed by atoms with E-state index < -0.39 is 0 Å². The molecule has 3 nitrogen and oxygen atoms in total. The molecule has 0 aliphatic carbocycles. The Balaban J connectivity index is 0.000000490. The summed E-state index contributed by atoms with van der Waals surface area (Å²) in [5.74, 6) is 0. The fourth-order valence-electron chi connectivity index (χ4n) is 0.587. The van der Waals surface area contributed by atoms with Crippen LogP contribution in [0.3, 0.4) is 0 Å². The quantitative estimate of drug-likeness (QED) is 0.456. The molecule has 4 N–H and O–H groups in total. The van der Waals surface area contributed by atoms with Crippen molar-refractivity contribution >= 4 is 12.4 Å². The topological polar surface area (TPSA) is 61.3 Å². The lowest BCUT2D eigenvalue weighted by Crippen LogP contribution is -2.39. The van der Waals surface area contributed by atoms with Gasteiger partial charge in [0, 0.05) is 12.1 Å². The molecule has 4 heteroatoms. The van der Waals surface area contributed by atoms with Crippen molar-refractivity contribution in [1.29, 1.82) is 0 Å². The highest BCUT2D eigenvalue weighted by molar-refractivity contribution is 5.85. The Morgan fingerprint density at radius 2 is 1.50 bits per heavy atom. The molecule has 8 heavy (non-hydrogen) atoms. The van der Waals surface area contributed by atoms with Gasteiger partial charge in [0.05, 0.1) is 13.2 Å². The van der Waals surface area contributed by atoms with E-state index in [9.17, 15) is 0 Å². The van der Waals surface area contributed by atoms with Gasteiger partial charge in [-0.05, 0) is 0 Å². The van der Waals surface area contributed by atoms with Gasteiger partial charge in [0.25, 0.3) is 0 Å². The lowest BCUT2D eigenvalue weighted by atomic mass is 10.2. The van der Waals surface area contributed by atoms with E-state index in [1.807, 2.05) is 0 Å². The lowest BCUT2D eigenvalue weighted by molar-refractivity contribution is 0.191. The molecule has 1 fully saturated rings. The zero-order valence-electron chi connectivity index (χ0n) is 4.54. The van der Waals surface area contributed by atoms with Crippen LogP contribution < -0.4 is 11.5 Å². The number of ether oxygens (including phenoxy) is 1. The summed E-state index contributed by atoms with van der Waals surface area (Å²) in [6.45, 7) is 1.25. The van der Waals surface area contributed by atoms with Gasteiger partial charge in [0.1, 0.15) is 0 Å². The van der Waals surface area contributed by atoms with Gasteiger partial charge in [-0.25, -0.2) is 0 Å². The van der Waals surface area contributed by atoms with E-state index in [1.54, 1.807) is 0 Å². The summed E-state index contributed by atoms with van der Waals surface area (Å²) in [6.07, 6.45) is 0. The monoisotopic (exact) mass is 138 g/mol. The highest BCUT2D eigenvalue weighted by Crippen LogP contribution is 1.97. The van der Waals surface area contributed by atoms with Crippen molar-refractivity contribution in [1.82, 2.24) is 0 Å². The van der Waals surface area contributed by atoms with Gasteiger partial charge in [-0.2, -0.15) is 0 Å². The van der Waals surface area contributed by atoms with Crippen LogP contribution in [0, 0.1) is 0 Å². The fourth-order valence-corrected chi connectivity index (χ4v) is 0.587. The zero-order valence-corrected chi connectivity index (χ0v) is 5.36. The Kier molecular flexibility index (Phi) is 3.31. The maximum absolute atomic E-state index is 5.43. The van der Waals surface area contributed by atoms with Crippen molar-refractivity contribution in [2.24, 2.45) is 11.5 Å². The average molecular weight is 139 g/mol. The summed E-state index contributed by atoms with van der Waals surface area (Å²) in [6, 6.07) is 0.139. The molecule has 0 bridgehead atoms. The van der Waals surface area contributed by atoms with Gasteiger partial charge in [0.2, 0.25) is 0 Å². The second-order valence-electron chi connectivity index (χ2n) is 1.87. The van der Waals surface area contributed by atoms with Crippen molar-refractivity contribution in [2.75, 3.05) is 13.2 Å². The summed E-state index contributed by atoms with van der Waals surface area (Å²) < 4.78 is 4.92. The molecule has 2 unspecified atom stereocenters. The van der Waals surface area contributed by atoms with Gasteiger partial charge in [-0.1, -0.05) is 0 Å². The summed E-state index contributed by atoms with van der Waals surface area (Å²) in [4.78, 5) is 0. The minimum absolute atomic E-state index is 0. The first kappa shape index (κ1) is 8.17. The first-order chi connectivity index (χ1) is 3.30. The third-order valence-electron chi connectivity index (χ3n) is 1.17. The van der Waals surface area contributed by atoms with E-state index in [2.05, 4.69) is 0 Å². The molecule has 0 aromatic carbocycles. The molecule has 50 valence electrons. The Bertz CT molecular complexity index is 63.1. The molecule has 0 spiro atoms. The second-order valence-corrected chi connectivity index (χ2v) is 1.87. The normalized spacial score (nSPS) is 36.8. The smallest absolute Gasteiger partial charge is 0.0634 e. The van der Waals surface area contributed by atoms with Crippen molar-refractivity contribution in [3.8, 4) is 0 Å². The largest absolute Gasteiger partial charge is 0.378 e. The summed E-state index contributed by atoms with van der Waals surface area (Å²) in [7, 11) is 0. The second kappa shape index (κ2) is 3.25. The van der Waals surface area contributed by atoms with Crippen LogP contribution >= 0.6 is 12.4 Å². The van der Waals surface area contributed by atoms with Crippen molar-refractivity contribution in [3.05, 3.63) is 0 Å². The number of hydrogen-bond acceptors (Lipinski definition) is 3. The van der Waals surface area contributed by atoms with Gasteiger partial charge < -0.3 is 16.2 Å². The van der Waals surface area contributed by atoms with Crippen LogP contribution in [0.1, 0.15) is 0 Å². The number of halogens is 1. The maximum Gasteiger partial charge on any atom is 0.0634 e. The fraction of sp³-hybridized carbons (Fsp3) is 1.00. The summed E-state index contributed by atoms with van der Waals surface area (Å²) >= 11 is 0. The minimum Gasteiger partial charge on any atom is -0.378 e. The van der Waals surface area contributed by atoms with Crippen LogP contribution in [-0.4, -0.2) is 25.3 Å². The highest BCUT2D eigenvalue weighted by atomic mass is 35.5. The molecule has 1 saturated heterocycles. The Morgan fingerprint density at radius 3 is 1.62 bits per heavy atom. The predicted molar refractivity (Wildman–Crippen MR) is 34.0 cm³/mol. The third-order valence-corrected chi connectivity index (χ3v) is 1.17. The molecule has 0 amide bonds. The molecule has 1 aliphatic heterocycles. The Labute approximate surface area is 54.8 Å². The number of nitrogens with two attached hydrogens (primary N) is 2. The molecule has 0 radical (unpaired) electrons. The Hall–Kier alpha value is 0.170. The molecule has 1 aliphatic rings. The molecular formula is C4H11ClN2O. The van der Waals surface area contributed by atoms with E-state index in [-0.39, 0.29) is 24.5 Å². The number of rotatable bonds is 0. The lowest BCUT2D eigenvalue weighted by Gasteiger charge is -2.02. The van der Waals surface area contributed by atoms with Gasteiger partial charge >= 0.3 is 0 Å². The van der Waals surface area contributed by atoms with Crippen LogP contribution in [0.15, 0.2) is 0 Å². The van der Waals surface area contributed by atoms with E-state index in [1.165, 1.54) is 0 Å². The maximum atomic E-state index is 5.43. The minimum atomic E-state index is 0. The predicted octanol–water partition coefficient (Wildman–Crippen LogP) is -0.907. The standard InChI is InChI=1S/C4H10N2O.ClH/c5-3-1-7-2-4(3)6;/h3-4H,1-2,5-6H2;1H. The van der Waals surface area contributed by atoms with E-state index in [4.69, 9.17) is 16.2 Å².